The molecule has 1 aromatic heterocycles. The van der Waals surface area contributed by atoms with Gasteiger partial charge in [-0.25, -0.2) is 16.8 Å². The van der Waals surface area contributed by atoms with E-state index < -0.39 is 19.7 Å². The average Bonchev–Trinajstić information content (AvgIpc) is 3.01. The number of hydrogen-bond donors (Lipinski definition) is 1. The lowest BCUT2D eigenvalue weighted by Crippen LogP contribution is -2.15. The molecule has 162 valence electrons. The minimum absolute atomic E-state index is 0.00153. The second kappa shape index (κ2) is 8.56. The maximum Gasteiger partial charge on any atom is 0.175 e. The number of rotatable bonds is 8. The number of anilines is 1. The Kier molecular flexibility index (Phi) is 6.45. The normalized spacial score (nSPS) is 13.7. The van der Waals surface area contributed by atoms with Crippen LogP contribution in [0.25, 0.3) is 5.03 Å². The third-order valence-electron chi connectivity index (χ3n) is 4.71. The molecule has 0 unspecified atom stereocenters. The minimum Gasteiger partial charge on any atom is -0.496 e. The standard InChI is InChI=1S/C20H23ClN2O5S2/c1-28-19-12-15(30(3,26)27)5-4-13(19)10-14-11-18(22-8-9-29(2,24)25)20-16(21)6-7-17(20)23-14/h4-6,11-12H,7-10H2,1-3H3,(H,22,23). The van der Waals surface area contributed by atoms with Crippen molar-refractivity contribution >= 4 is 42.0 Å². The van der Waals surface area contributed by atoms with E-state index in [1.807, 2.05) is 12.1 Å². The first-order valence-electron chi connectivity index (χ1n) is 9.15. The maximum absolute atomic E-state index is 11.8. The van der Waals surface area contributed by atoms with Gasteiger partial charge in [-0.3, -0.25) is 4.98 Å². The van der Waals surface area contributed by atoms with Crippen LogP contribution in [0.1, 0.15) is 22.5 Å². The van der Waals surface area contributed by atoms with E-state index in [1.165, 1.54) is 19.4 Å². The molecule has 0 saturated carbocycles. The van der Waals surface area contributed by atoms with Crippen molar-refractivity contribution in [1.82, 2.24) is 4.98 Å². The molecule has 2 aromatic rings. The van der Waals surface area contributed by atoms with E-state index in [4.69, 9.17) is 21.3 Å². The quantitative estimate of drug-likeness (QED) is 0.632. The molecular weight excluding hydrogens is 448 g/mol. The molecule has 0 bridgehead atoms. The maximum atomic E-state index is 11.8. The van der Waals surface area contributed by atoms with Crippen molar-refractivity contribution in [2.45, 2.75) is 17.7 Å². The predicted octanol–water partition coefficient (Wildman–Crippen LogP) is 2.68. The number of benzene rings is 1. The number of ether oxygens (including phenoxy) is 1. The van der Waals surface area contributed by atoms with Crippen molar-refractivity contribution in [3.63, 3.8) is 0 Å². The van der Waals surface area contributed by atoms with E-state index in [-0.39, 0.29) is 17.2 Å². The molecule has 30 heavy (non-hydrogen) atoms. The Morgan fingerprint density at radius 3 is 2.53 bits per heavy atom. The molecule has 0 fully saturated rings. The highest BCUT2D eigenvalue weighted by atomic mass is 35.5. The number of aromatic nitrogens is 1. The van der Waals surface area contributed by atoms with Crippen molar-refractivity contribution < 1.29 is 21.6 Å². The van der Waals surface area contributed by atoms with Gasteiger partial charge >= 0.3 is 0 Å². The van der Waals surface area contributed by atoms with Crippen molar-refractivity contribution in [3.05, 3.63) is 52.9 Å². The molecule has 0 amide bonds. The highest BCUT2D eigenvalue weighted by molar-refractivity contribution is 7.91. The second-order valence-electron chi connectivity index (χ2n) is 7.22. The number of nitrogens with zero attached hydrogens (tertiary/aromatic N) is 1. The third-order valence-corrected chi connectivity index (χ3v) is 7.11. The lowest BCUT2D eigenvalue weighted by Gasteiger charge is -2.15. The SMILES string of the molecule is COc1cc(S(C)(=O)=O)ccc1Cc1cc(NCCS(C)(=O)=O)c2c(n1)CC=C2Cl. The highest BCUT2D eigenvalue weighted by Crippen LogP contribution is 2.36. The number of sulfone groups is 2. The molecule has 1 heterocycles. The monoisotopic (exact) mass is 470 g/mol. The zero-order valence-electron chi connectivity index (χ0n) is 16.9. The van der Waals surface area contributed by atoms with E-state index >= 15 is 0 Å². The molecule has 1 aromatic carbocycles. The van der Waals surface area contributed by atoms with E-state index in [1.54, 1.807) is 12.1 Å². The molecule has 10 heteroatoms. The van der Waals surface area contributed by atoms with Crippen LogP contribution in [0, 0.1) is 0 Å². The van der Waals surface area contributed by atoms with Gasteiger partial charge in [0.2, 0.25) is 0 Å². The van der Waals surface area contributed by atoms with Crippen LogP contribution in [0.15, 0.2) is 35.2 Å². The van der Waals surface area contributed by atoms with Gasteiger partial charge in [-0.1, -0.05) is 23.7 Å². The van der Waals surface area contributed by atoms with Crippen molar-refractivity contribution in [3.8, 4) is 5.75 Å². The fourth-order valence-corrected chi connectivity index (χ4v) is 4.65. The summed E-state index contributed by atoms with van der Waals surface area (Å²) in [7, 11) is -4.95. The summed E-state index contributed by atoms with van der Waals surface area (Å²) in [5, 5.41) is 3.75. The number of nitrogens with one attached hydrogen (secondary N) is 1. The number of allylic oxidation sites excluding steroid dienone is 1. The van der Waals surface area contributed by atoms with Crippen LogP contribution in [0.5, 0.6) is 5.75 Å². The minimum atomic E-state index is -3.34. The summed E-state index contributed by atoms with van der Waals surface area (Å²) in [4.78, 5) is 4.88. The molecule has 0 saturated heterocycles. The van der Waals surface area contributed by atoms with Crippen molar-refractivity contribution in [1.29, 1.82) is 0 Å². The zero-order valence-corrected chi connectivity index (χ0v) is 19.3. The summed E-state index contributed by atoms with van der Waals surface area (Å²) in [5.41, 5.74) is 3.85. The summed E-state index contributed by atoms with van der Waals surface area (Å²) in [5.74, 6) is 0.463. The van der Waals surface area contributed by atoms with Crippen LogP contribution in [0.2, 0.25) is 0 Å². The summed E-state index contributed by atoms with van der Waals surface area (Å²) >= 11 is 6.32. The Hall–Kier alpha value is -2.10. The molecule has 0 radical (unpaired) electrons. The van der Waals surface area contributed by atoms with Gasteiger partial charge in [0, 0.05) is 59.4 Å². The van der Waals surface area contributed by atoms with E-state index in [2.05, 4.69) is 5.32 Å². The van der Waals surface area contributed by atoms with E-state index in [9.17, 15) is 16.8 Å². The first-order chi connectivity index (χ1) is 14.0. The van der Waals surface area contributed by atoms with Crippen molar-refractivity contribution in [2.75, 3.05) is 37.2 Å². The molecule has 3 rings (SSSR count). The Balaban J connectivity index is 1.93. The topological polar surface area (TPSA) is 102 Å². The van der Waals surface area contributed by atoms with Crippen LogP contribution in [0.3, 0.4) is 0 Å². The van der Waals surface area contributed by atoms with Gasteiger partial charge in [0.1, 0.15) is 15.6 Å². The molecule has 0 aliphatic heterocycles. The Bertz CT molecular complexity index is 1220. The number of methoxy groups -OCH3 is 1. The molecule has 7 nitrogen and oxygen atoms in total. The van der Waals surface area contributed by atoms with Gasteiger partial charge in [0.05, 0.1) is 23.5 Å². The summed E-state index contributed by atoms with van der Waals surface area (Å²) in [6.45, 7) is 0.255. The van der Waals surface area contributed by atoms with E-state index in [0.717, 1.165) is 34.5 Å². The molecular formula is C20H23ClN2O5S2. The summed E-state index contributed by atoms with van der Waals surface area (Å²) < 4.78 is 51.9. The van der Waals surface area contributed by atoms with Gasteiger partial charge in [-0.2, -0.15) is 0 Å². The van der Waals surface area contributed by atoms with Crippen LogP contribution < -0.4 is 10.1 Å². The Morgan fingerprint density at radius 2 is 1.90 bits per heavy atom. The van der Waals surface area contributed by atoms with E-state index in [0.29, 0.717) is 23.6 Å². The lowest BCUT2D eigenvalue weighted by molar-refractivity contribution is 0.409. The smallest absolute Gasteiger partial charge is 0.175 e. The largest absolute Gasteiger partial charge is 0.496 e. The summed E-state index contributed by atoms with van der Waals surface area (Å²) in [6.07, 6.45) is 5.21. The second-order valence-corrected chi connectivity index (χ2v) is 11.9. The number of halogens is 1. The first-order valence-corrected chi connectivity index (χ1v) is 13.5. The van der Waals surface area contributed by atoms with Crippen LogP contribution in [-0.4, -0.2) is 53.7 Å². The average molecular weight is 471 g/mol. The molecule has 1 N–H and O–H groups in total. The molecule has 1 aliphatic rings. The fraction of sp³-hybridized carbons (Fsp3) is 0.350. The third kappa shape index (κ3) is 5.33. The van der Waals surface area contributed by atoms with Gasteiger partial charge in [0.25, 0.3) is 0 Å². The van der Waals surface area contributed by atoms with Crippen LogP contribution in [0.4, 0.5) is 5.69 Å². The zero-order chi connectivity index (χ0) is 22.1. The van der Waals surface area contributed by atoms with Gasteiger partial charge in [-0.15, -0.1) is 0 Å². The van der Waals surface area contributed by atoms with Crippen LogP contribution >= 0.6 is 11.6 Å². The van der Waals surface area contributed by atoms with Gasteiger partial charge in [-0.05, 0) is 18.2 Å². The van der Waals surface area contributed by atoms with Gasteiger partial charge < -0.3 is 10.1 Å². The lowest BCUT2D eigenvalue weighted by atomic mass is 10.1. The highest BCUT2D eigenvalue weighted by Gasteiger charge is 2.21. The predicted molar refractivity (Wildman–Crippen MR) is 119 cm³/mol. The molecule has 0 spiro atoms. The number of hydrogen-bond acceptors (Lipinski definition) is 7. The Morgan fingerprint density at radius 1 is 1.17 bits per heavy atom. The molecule has 0 atom stereocenters. The first kappa shape index (κ1) is 22.6. The number of fused-ring (bicyclic) bond motifs is 1. The van der Waals surface area contributed by atoms with Crippen molar-refractivity contribution in [2.24, 2.45) is 0 Å². The molecule has 1 aliphatic carbocycles. The fourth-order valence-electron chi connectivity index (χ4n) is 3.26. The number of pyridine rings is 1. The van der Waals surface area contributed by atoms with Crippen LogP contribution in [-0.2, 0) is 32.5 Å². The summed E-state index contributed by atoms with van der Waals surface area (Å²) in [6, 6.07) is 6.60. The van der Waals surface area contributed by atoms with Gasteiger partial charge in [0.15, 0.2) is 9.84 Å². The Labute approximate surface area is 182 Å².